The van der Waals surface area contributed by atoms with Crippen LogP contribution >= 0.6 is 0 Å². The van der Waals surface area contributed by atoms with Crippen LogP contribution in [0.25, 0.3) is 0 Å². The van der Waals surface area contributed by atoms with Crippen molar-refractivity contribution in [2.75, 3.05) is 16.9 Å². The van der Waals surface area contributed by atoms with E-state index in [1.54, 1.807) is 0 Å². The summed E-state index contributed by atoms with van der Waals surface area (Å²) in [6, 6.07) is 2.62. The number of rotatable bonds is 5. The van der Waals surface area contributed by atoms with E-state index in [0.29, 0.717) is 12.0 Å². The maximum atomic E-state index is 5.54. The van der Waals surface area contributed by atoms with E-state index in [-0.39, 0.29) is 0 Å². The number of hydrazine groups is 1. The number of aromatic nitrogens is 2. The molecule has 0 spiro atoms. The van der Waals surface area contributed by atoms with E-state index in [0.717, 1.165) is 24.0 Å². The van der Waals surface area contributed by atoms with Crippen molar-refractivity contribution < 1.29 is 0 Å². The zero-order valence-corrected chi connectivity index (χ0v) is 11.6. The summed E-state index contributed by atoms with van der Waals surface area (Å²) in [5, 5.41) is 0. The maximum Gasteiger partial charge on any atom is 0.145 e. The molecular weight excluding hydrogens is 238 g/mol. The van der Waals surface area contributed by atoms with Gasteiger partial charge in [-0.25, -0.2) is 15.8 Å². The summed E-state index contributed by atoms with van der Waals surface area (Å²) in [5.41, 5.74) is 2.68. The average molecular weight is 261 g/mol. The van der Waals surface area contributed by atoms with E-state index >= 15 is 0 Å². The van der Waals surface area contributed by atoms with Gasteiger partial charge >= 0.3 is 0 Å². The standard InChI is InChI=1S/C14H23N5/c1-2-19(11-5-3-4-6-11)13-9-12(18-15)16-14(17-13)10-7-8-10/h9-11H,2-8,15H2,1H3,(H,16,17,18). The maximum absolute atomic E-state index is 5.54. The van der Waals surface area contributed by atoms with Crippen molar-refractivity contribution in [3.8, 4) is 0 Å². The molecule has 3 rings (SSSR count). The van der Waals surface area contributed by atoms with E-state index < -0.39 is 0 Å². The Kier molecular flexibility index (Phi) is 3.55. The highest BCUT2D eigenvalue weighted by Gasteiger charge is 2.29. The smallest absolute Gasteiger partial charge is 0.145 e. The second-order valence-corrected chi connectivity index (χ2v) is 5.61. The number of anilines is 2. The summed E-state index contributed by atoms with van der Waals surface area (Å²) in [7, 11) is 0. The Labute approximate surface area is 114 Å². The summed E-state index contributed by atoms with van der Waals surface area (Å²) in [4.78, 5) is 11.7. The Hall–Kier alpha value is -1.36. The Morgan fingerprint density at radius 3 is 2.58 bits per heavy atom. The lowest BCUT2D eigenvalue weighted by molar-refractivity contribution is 0.610. The van der Waals surface area contributed by atoms with Gasteiger partial charge in [-0.15, -0.1) is 0 Å². The molecule has 0 radical (unpaired) electrons. The van der Waals surface area contributed by atoms with Gasteiger partial charge in [0.25, 0.3) is 0 Å². The van der Waals surface area contributed by atoms with E-state index in [1.807, 2.05) is 6.07 Å². The highest BCUT2D eigenvalue weighted by Crippen LogP contribution is 2.39. The zero-order chi connectivity index (χ0) is 13.2. The number of hydrogen-bond acceptors (Lipinski definition) is 5. The Morgan fingerprint density at radius 2 is 2.00 bits per heavy atom. The van der Waals surface area contributed by atoms with Gasteiger partial charge in [0.2, 0.25) is 0 Å². The molecule has 0 amide bonds. The largest absolute Gasteiger partial charge is 0.354 e. The molecule has 0 saturated heterocycles. The summed E-state index contributed by atoms with van der Waals surface area (Å²) < 4.78 is 0. The minimum Gasteiger partial charge on any atom is -0.354 e. The summed E-state index contributed by atoms with van der Waals surface area (Å²) in [6.07, 6.45) is 7.66. The molecule has 1 heterocycles. The van der Waals surface area contributed by atoms with Crippen molar-refractivity contribution in [1.82, 2.24) is 9.97 Å². The van der Waals surface area contributed by atoms with Crippen LogP contribution in [0.5, 0.6) is 0 Å². The lowest BCUT2D eigenvalue weighted by atomic mass is 10.2. The number of hydrogen-bond donors (Lipinski definition) is 2. The molecule has 104 valence electrons. The van der Waals surface area contributed by atoms with Gasteiger partial charge < -0.3 is 10.3 Å². The fourth-order valence-corrected chi connectivity index (χ4v) is 3.02. The Morgan fingerprint density at radius 1 is 1.26 bits per heavy atom. The third-order valence-electron chi connectivity index (χ3n) is 4.22. The second kappa shape index (κ2) is 5.33. The van der Waals surface area contributed by atoms with Crippen LogP contribution in [0.4, 0.5) is 11.6 Å². The monoisotopic (exact) mass is 261 g/mol. The third kappa shape index (κ3) is 2.66. The minimum absolute atomic E-state index is 0.550. The first kappa shape index (κ1) is 12.7. The van der Waals surface area contributed by atoms with Gasteiger partial charge in [-0.05, 0) is 32.6 Å². The first-order valence-corrected chi connectivity index (χ1v) is 7.44. The van der Waals surface area contributed by atoms with Crippen LogP contribution < -0.4 is 16.2 Å². The number of nitrogens with two attached hydrogens (primary N) is 1. The van der Waals surface area contributed by atoms with E-state index in [9.17, 15) is 0 Å². The fraction of sp³-hybridized carbons (Fsp3) is 0.714. The topological polar surface area (TPSA) is 67.1 Å². The first-order valence-electron chi connectivity index (χ1n) is 7.44. The van der Waals surface area contributed by atoms with Crippen LogP contribution in [0.2, 0.25) is 0 Å². The molecule has 2 saturated carbocycles. The van der Waals surface area contributed by atoms with Crippen molar-refractivity contribution in [1.29, 1.82) is 0 Å². The molecule has 5 nitrogen and oxygen atoms in total. The van der Waals surface area contributed by atoms with Gasteiger partial charge in [0.05, 0.1) is 0 Å². The van der Waals surface area contributed by atoms with Crippen LogP contribution in [0.1, 0.15) is 57.2 Å². The van der Waals surface area contributed by atoms with Crippen LogP contribution in [0, 0.1) is 0 Å². The third-order valence-corrected chi connectivity index (χ3v) is 4.22. The lowest BCUT2D eigenvalue weighted by Gasteiger charge is -2.29. The molecule has 0 unspecified atom stereocenters. The van der Waals surface area contributed by atoms with Crippen molar-refractivity contribution in [2.24, 2.45) is 5.84 Å². The van der Waals surface area contributed by atoms with Crippen LogP contribution in [-0.4, -0.2) is 22.6 Å². The molecule has 2 fully saturated rings. The second-order valence-electron chi connectivity index (χ2n) is 5.61. The first-order chi connectivity index (χ1) is 9.31. The van der Waals surface area contributed by atoms with Gasteiger partial charge in [0.15, 0.2) is 0 Å². The molecular formula is C14H23N5. The average Bonchev–Trinajstić information content (AvgIpc) is 3.17. The minimum atomic E-state index is 0.550. The van der Waals surface area contributed by atoms with Gasteiger partial charge in [-0.3, -0.25) is 0 Å². The zero-order valence-electron chi connectivity index (χ0n) is 11.6. The molecule has 0 aromatic carbocycles. The molecule has 2 aliphatic carbocycles. The van der Waals surface area contributed by atoms with Gasteiger partial charge in [0, 0.05) is 24.6 Å². The molecule has 2 aliphatic rings. The highest BCUT2D eigenvalue weighted by atomic mass is 15.3. The van der Waals surface area contributed by atoms with Crippen molar-refractivity contribution in [3.05, 3.63) is 11.9 Å². The molecule has 5 heteroatoms. The number of nitrogens with zero attached hydrogens (tertiary/aromatic N) is 3. The van der Waals surface area contributed by atoms with Crippen LogP contribution in [0.3, 0.4) is 0 Å². The van der Waals surface area contributed by atoms with Gasteiger partial charge in [0.1, 0.15) is 17.5 Å². The number of nitrogens with one attached hydrogen (secondary N) is 1. The van der Waals surface area contributed by atoms with Crippen LogP contribution in [0.15, 0.2) is 6.07 Å². The SMILES string of the molecule is CCN(c1cc(NN)nc(C2CC2)n1)C1CCCC1. The molecule has 0 bridgehead atoms. The van der Waals surface area contributed by atoms with Crippen molar-refractivity contribution in [2.45, 2.75) is 57.4 Å². The lowest BCUT2D eigenvalue weighted by Crippen LogP contribution is -2.34. The van der Waals surface area contributed by atoms with Gasteiger partial charge in [-0.1, -0.05) is 12.8 Å². The predicted molar refractivity (Wildman–Crippen MR) is 77.1 cm³/mol. The highest BCUT2D eigenvalue weighted by molar-refractivity contribution is 5.50. The normalized spacial score (nSPS) is 19.7. The van der Waals surface area contributed by atoms with E-state index in [4.69, 9.17) is 10.8 Å². The summed E-state index contributed by atoms with van der Waals surface area (Å²) >= 11 is 0. The Balaban J connectivity index is 1.89. The quantitative estimate of drug-likeness (QED) is 0.629. The van der Waals surface area contributed by atoms with Gasteiger partial charge in [-0.2, -0.15) is 0 Å². The fourth-order valence-electron chi connectivity index (χ4n) is 3.02. The molecule has 3 N–H and O–H groups in total. The molecule has 19 heavy (non-hydrogen) atoms. The summed E-state index contributed by atoms with van der Waals surface area (Å²) in [5.74, 6) is 8.84. The molecule has 1 aromatic rings. The molecule has 0 aliphatic heterocycles. The number of nitrogen functional groups attached to an aromatic ring is 1. The molecule has 1 aromatic heterocycles. The van der Waals surface area contributed by atoms with E-state index in [1.165, 1.54) is 38.5 Å². The van der Waals surface area contributed by atoms with E-state index in [2.05, 4.69) is 22.2 Å². The van der Waals surface area contributed by atoms with Crippen molar-refractivity contribution >= 4 is 11.6 Å². The van der Waals surface area contributed by atoms with Crippen LogP contribution in [-0.2, 0) is 0 Å². The Bertz CT molecular complexity index is 437. The predicted octanol–water partition coefficient (Wildman–Crippen LogP) is 2.41. The molecule has 0 atom stereocenters. The summed E-state index contributed by atoms with van der Waals surface area (Å²) in [6.45, 7) is 3.20. The van der Waals surface area contributed by atoms with Crippen molar-refractivity contribution in [3.63, 3.8) is 0 Å².